The van der Waals surface area contributed by atoms with Crippen LogP contribution in [0.15, 0.2) is 28.7 Å². The fourth-order valence-electron chi connectivity index (χ4n) is 3.53. The van der Waals surface area contributed by atoms with E-state index in [1.807, 2.05) is 24.3 Å². The first-order valence-electron chi connectivity index (χ1n) is 8.35. The predicted molar refractivity (Wildman–Crippen MR) is 101 cm³/mol. The highest BCUT2D eigenvalue weighted by Gasteiger charge is 2.34. The molecule has 126 valence electrons. The molecule has 2 aliphatic heterocycles. The molecule has 1 aromatic carbocycles. The molecule has 6 heteroatoms. The van der Waals surface area contributed by atoms with Crippen molar-refractivity contribution in [1.29, 1.82) is 0 Å². The maximum absolute atomic E-state index is 12.7. The Kier molecular flexibility index (Phi) is 4.14. The minimum atomic E-state index is -0.160. The van der Waals surface area contributed by atoms with Crippen molar-refractivity contribution in [2.24, 2.45) is 0 Å². The predicted octanol–water partition coefficient (Wildman–Crippen LogP) is 2.71. The number of thiophene rings is 1. The molecule has 0 saturated heterocycles. The average molecular weight is 407 g/mol. The van der Waals surface area contributed by atoms with Crippen molar-refractivity contribution in [2.45, 2.75) is 39.0 Å². The molecule has 4 nitrogen and oxygen atoms in total. The van der Waals surface area contributed by atoms with Gasteiger partial charge in [-0.1, -0.05) is 28.1 Å². The van der Waals surface area contributed by atoms with Crippen LogP contribution in [0.4, 0.5) is 5.00 Å². The molecule has 0 bridgehead atoms. The van der Waals surface area contributed by atoms with E-state index in [4.69, 9.17) is 0 Å². The molecule has 4 rings (SSSR count). The zero-order chi connectivity index (χ0) is 16.8. The number of quaternary nitrogens is 1. The maximum atomic E-state index is 12.7. The number of fused-ring (bicyclic) bond motifs is 3. The number of hydrogen-bond acceptors (Lipinski definition) is 3. The van der Waals surface area contributed by atoms with Gasteiger partial charge in [0.05, 0.1) is 23.0 Å². The molecule has 3 N–H and O–H groups in total. The summed E-state index contributed by atoms with van der Waals surface area (Å²) in [7, 11) is 0. The summed E-state index contributed by atoms with van der Waals surface area (Å²) in [6.45, 7) is 6.67. The lowest BCUT2D eigenvalue weighted by molar-refractivity contribution is -0.936. The van der Waals surface area contributed by atoms with Gasteiger partial charge in [-0.15, -0.1) is 11.3 Å². The number of nitrogens with one attached hydrogen (secondary N) is 3. The maximum Gasteiger partial charge on any atom is 0.256 e. The van der Waals surface area contributed by atoms with Crippen LogP contribution in [-0.2, 0) is 13.0 Å². The molecule has 1 aromatic heterocycles. The number of anilines is 1. The second kappa shape index (κ2) is 6.17. The highest BCUT2D eigenvalue weighted by molar-refractivity contribution is 9.10. The minimum Gasteiger partial charge on any atom is -0.353 e. The van der Waals surface area contributed by atoms with Crippen molar-refractivity contribution >= 4 is 38.2 Å². The molecule has 0 spiro atoms. The van der Waals surface area contributed by atoms with E-state index in [0.717, 1.165) is 40.1 Å². The molecule has 2 aromatic rings. The lowest BCUT2D eigenvalue weighted by Gasteiger charge is -2.28. The van der Waals surface area contributed by atoms with E-state index in [1.54, 1.807) is 16.2 Å². The summed E-state index contributed by atoms with van der Waals surface area (Å²) >= 11 is 5.22. The monoisotopic (exact) mass is 406 g/mol. The molecule has 24 heavy (non-hydrogen) atoms. The number of benzene rings is 1. The van der Waals surface area contributed by atoms with Crippen LogP contribution in [0.3, 0.4) is 0 Å². The Balaban J connectivity index is 1.65. The van der Waals surface area contributed by atoms with E-state index in [0.29, 0.717) is 6.04 Å². The van der Waals surface area contributed by atoms with Gasteiger partial charge < -0.3 is 15.5 Å². The highest BCUT2D eigenvalue weighted by atomic mass is 79.9. The lowest BCUT2D eigenvalue weighted by atomic mass is 9.99. The summed E-state index contributed by atoms with van der Waals surface area (Å²) in [4.78, 5) is 15.7. The highest BCUT2D eigenvalue weighted by Crippen LogP contribution is 2.39. The van der Waals surface area contributed by atoms with E-state index in [9.17, 15) is 4.79 Å². The Morgan fingerprint density at radius 2 is 2.00 bits per heavy atom. The van der Waals surface area contributed by atoms with Crippen molar-refractivity contribution in [3.63, 3.8) is 0 Å². The van der Waals surface area contributed by atoms with E-state index in [2.05, 4.69) is 40.4 Å². The van der Waals surface area contributed by atoms with E-state index in [-0.39, 0.29) is 12.1 Å². The molecule has 0 fully saturated rings. The minimum absolute atomic E-state index is 0.0576. The number of hydrogen-bond donors (Lipinski definition) is 3. The third-order valence-electron chi connectivity index (χ3n) is 4.97. The molecule has 2 atom stereocenters. The smallest absolute Gasteiger partial charge is 0.256 e. The van der Waals surface area contributed by atoms with Crippen LogP contribution in [-0.4, -0.2) is 18.5 Å². The molecule has 0 saturated carbocycles. The Bertz CT molecular complexity index is 784. The molecule has 0 aliphatic carbocycles. The topological polar surface area (TPSA) is 45.6 Å². The summed E-state index contributed by atoms with van der Waals surface area (Å²) < 4.78 is 1.04. The summed E-state index contributed by atoms with van der Waals surface area (Å²) in [5.74, 6) is 0.0576. The fraction of sp³-hybridized carbons (Fsp3) is 0.389. The van der Waals surface area contributed by atoms with Crippen LogP contribution in [0.25, 0.3) is 0 Å². The first-order valence-corrected chi connectivity index (χ1v) is 9.96. The Morgan fingerprint density at radius 3 is 2.71 bits per heavy atom. The van der Waals surface area contributed by atoms with Gasteiger partial charge in [-0.3, -0.25) is 4.79 Å². The first-order chi connectivity index (χ1) is 11.5. The summed E-state index contributed by atoms with van der Waals surface area (Å²) in [5, 5.41) is 7.67. The zero-order valence-electron chi connectivity index (χ0n) is 13.8. The Morgan fingerprint density at radius 1 is 1.25 bits per heavy atom. The number of carbonyl (C=O) groups excluding carboxylic acids is 1. The Labute approximate surface area is 154 Å². The van der Waals surface area contributed by atoms with Crippen LogP contribution >= 0.6 is 27.3 Å². The summed E-state index contributed by atoms with van der Waals surface area (Å²) in [5.41, 5.74) is 3.21. The third-order valence-corrected chi connectivity index (χ3v) is 6.66. The van der Waals surface area contributed by atoms with Crippen molar-refractivity contribution in [2.75, 3.05) is 11.9 Å². The quantitative estimate of drug-likeness (QED) is 0.717. The second-order valence-corrected chi connectivity index (χ2v) is 8.82. The average Bonchev–Trinajstić information content (AvgIpc) is 2.93. The molecular weight excluding hydrogens is 386 g/mol. The molecule has 0 radical (unpaired) electrons. The van der Waals surface area contributed by atoms with Crippen molar-refractivity contribution in [1.82, 2.24) is 5.32 Å². The van der Waals surface area contributed by atoms with Gasteiger partial charge in [0, 0.05) is 10.9 Å². The largest absolute Gasteiger partial charge is 0.353 e. The molecule has 3 heterocycles. The van der Waals surface area contributed by atoms with Crippen molar-refractivity contribution < 1.29 is 9.69 Å². The second-order valence-electron chi connectivity index (χ2n) is 6.80. The number of amides is 1. The van der Waals surface area contributed by atoms with Gasteiger partial charge in [0.25, 0.3) is 5.91 Å². The van der Waals surface area contributed by atoms with Gasteiger partial charge in [0.15, 0.2) is 0 Å². The van der Waals surface area contributed by atoms with Gasteiger partial charge in [-0.05, 0) is 37.1 Å². The number of carbonyl (C=O) groups is 1. The van der Waals surface area contributed by atoms with Crippen LogP contribution < -0.4 is 15.5 Å². The van der Waals surface area contributed by atoms with Crippen LogP contribution in [0.2, 0.25) is 0 Å². The zero-order valence-corrected chi connectivity index (χ0v) is 16.2. The van der Waals surface area contributed by atoms with Gasteiger partial charge in [-0.2, -0.15) is 0 Å². The summed E-state index contributed by atoms with van der Waals surface area (Å²) in [6.07, 6.45) is 0.832. The van der Waals surface area contributed by atoms with Crippen LogP contribution in [0.5, 0.6) is 0 Å². The normalized spacial score (nSPS) is 22.6. The SMILES string of the molecule is CC(C)[NH+]1CCc2c(sc3c2C(=O)N[C@H](c2ccc(Br)cc2)N3)C1. The number of rotatable bonds is 2. The van der Waals surface area contributed by atoms with E-state index >= 15 is 0 Å². The lowest BCUT2D eigenvalue weighted by Crippen LogP contribution is -3.14. The molecule has 2 aliphatic rings. The first kappa shape index (κ1) is 16.1. The van der Waals surface area contributed by atoms with E-state index in [1.165, 1.54) is 10.4 Å². The fourth-order valence-corrected chi connectivity index (χ4v) is 5.12. The van der Waals surface area contributed by atoms with Crippen LogP contribution in [0, 0.1) is 0 Å². The van der Waals surface area contributed by atoms with Gasteiger partial charge in [0.1, 0.15) is 17.7 Å². The van der Waals surface area contributed by atoms with Crippen molar-refractivity contribution in [3.05, 3.63) is 50.3 Å². The summed E-state index contributed by atoms with van der Waals surface area (Å²) in [6, 6.07) is 8.69. The molecule has 1 amide bonds. The molecule has 1 unspecified atom stereocenters. The third kappa shape index (κ3) is 2.76. The van der Waals surface area contributed by atoms with Gasteiger partial charge >= 0.3 is 0 Å². The number of halogens is 1. The van der Waals surface area contributed by atoms with Gasteiger partial charge in [-0.25, -0.2) is 0 Å². The van der Waals surface area contributed by atoms with Crippen molar-refractivity contribution in [3.8, 4) is 0 Å². The Hall–Kier alpha value is -1.37. The van der Waals surface area contributed by atoms with Gasteiger partial charge in [0.2, 0.25) is 0 Å². The standard InChI is InChI=1S/C18H20BrN3OS/c1-10(2)22-8-7-13-14(9-22)24-18-15(13)17(23)20-16(21-18)11-3-5-12(19)6-4-11/h3-6,10,16,21H,7-9H2,1-2H3,(H,20,23)/p+1/t16-/m0/s1. The van der Waals surface area contributed by atoms with E-state index < -0.39 is 0 Å². The molecular formula is C18H21BrN3OS+. The van der Waals surface area contributed by atoms with Crippen LogP contribution in [0.1, 0.15) is 46.4 Å².